The molecular formula is C12H15NO4S. The lowest BCUT2D eigenvalue weighted by Crippen LogP contribution is -2.27. The van der Waals surface area contributed by atoms with Crippen LogP contribution in [0.2, 0.25) is 0 Å². The van der Waals surface area contributed by atoms with E-state index in [1.54, 1.807) is 19.2 Å². The number of hydrogen-bond donors (Lipinski definition) is 0. The Morgan fingerprint density at radius 3 is 2.33 bits per heavy atom. The number of nitrogens with zero attached hydrogens (tertiary/aromatic N) is 1. The van der Waals surface area contributed by atoms with Gasteiger partial charge >= 0.3 is 0 Å². The van der Waals surface area contributed by atoms with Crippen LogP contribution < -0.4 is 14.4 Å². The van der Waals surface area contributed by atoms with Gasteiger partial charge in [-0.2, -0.15) is 0 Å². The smallest absolute Gasteiger partial charge is 0.290 e. The summed E-state index contributed by atoms with van der Waals surface area (Å²) < 4.78 is 10.5. The number of anilines is 1. The Labute approximate surface area is 110 Å². The van der Waals surface area contributed by atoms with Gasteiger partial charge in [-0.1, -0.05) is 0 Å². The molecule has 0 fully saturated rings. The Bertz CT molecular complexity index is 462. The van der Waals surface area contributed by atoms with Gasteiger partial charge in [-0.05, 0) is 12.3 Å². The monoisotopic (exact) mass is 269 g/mol. The number of carbonyl (C=O) groups excluding carboxylic acids is 2. The van der Waals surface area contributed by atoms with Crippen LogP contribution in [0.15, 0.2) is 17.0 Å². The van der Waals surface area contributed by atoms with Crippen LogP contribution >= 0.6 is 11.8 Å². The Morgan fingerprint density at radius 2 is 1.89 bits per heavy atom. The fraction of sp³-hybridized carbons (Fsp3) is 0.333. The average Bonchev–Trinajstić information content (AvgIpc) is 2.43. The third kappa shape index (κ3) is 2.76. The lowest BCUT2D eigenvalue weighted by atomic mass is 10.2. The van der Waals surface area contributed by atoms with E-state index in [1.807, 2.05) is 6.26 Å². The standard InChI is InChI=1S/C12H15NO4S/c1-13(12(15)7-14)8-5-10(17-3)11(18-4)6-9(8)16-2/h5-7H,1-4H3. The van der Waals surface area contributed by atoms with Crippen molar-refractivity contribution < 1.29 is 19.1 Å². The molecule has 0 atom stereocenters. The van der Waals surface area contributed by atoms with Gasteiger partial charge in [0.15, 0.2) is 0 Å². The number of thioether (sulfide) groups is 1. The zero-order chi connectivity index (χ0) is 13.7. The molecule has 0 N–H and O–H groups in total. The summed E-state index contributed by atoms with van der Waals surface area (Å²) >= 11 is 1.51. The van der Waals surface area contributed by atoms with Crippen molar-refractivity contribution in [2.24, 2.45) is 0 Å². The number of amides is 1. The minimum atomic E-state index is -0.646. The molecule has 1 amide bonds. The molecule has 0 spiro atoms. The Balaban J connectivity index is 3.33. The van der Waals surface area contributed by atoms with Crippen molar-refractivity contribution in [3.8, 4) is 11.5 Å². The van der Waals surface area contributed by atoms with Gasteiger partial charge < -0.3 is 14.4 Å². The van der Waals surface area contributed by atoms with Crippen molar-refractivity contribution in [3.63, 3.8) is 0 Å². The summed E-state index contributed by atoms with van der Waals surface area (Å²) in [6.07, 6.45) is 2.17. The molecule has 0 radical (unpaired) electrons. The molecule has 0 aliphatic heterocycles. The zero-order valence-corrected chi connectivity index (χ0v) is 11.5. The van der Waals surface area contributed by atoms with E-state index in [1.165, 1.54) is 30.8 Å². The van der Waals surface area contributed by atoms with E-state index < -0.39 is 5.91 Å². The molecule has 0 aliphatic rings. The number of benzene rings is 1. The second-order valence-corrected chi connectivity index (χ2v) is 4.24. The van der Waals surface area contributed by atoms with Gasteiger partial charge in [0.2, 0.25) is 6.29 Å². The third-order valence-corrected chi connectivity index (χ3v) is 3.24. The van der Waals surface area contributed by atoms with Crippen LogP contribution in [0, 0.1) is 0 Å². The van der Waals surface area contributed by atoms with E-state index >= 15 is 0 Å². The molecule has 0 saturated carbocycles. The highest BCUT2D eigenvalue weighted by Crippen LogP contribution is 2.38. The van der Waals surface area contributed by atoms with Crippen LogP contribution in [-0.4, -0.2) is 39.7 Å². The van der Waals surface area contributed by atoms with Gasteiger partial charge in [0, 0.05) is 13.1 Å². The topological polar surface area (TPSA) is 55.8 Å². The van der Waals surface area contributed by atoms with E-state index in [2.05, 4.69) is 0 Å². The molecule has 1 aromatic rings. The summed E-state index contributed by atoms with van der Waals surface area (Å²) in [5, 5.41) is 0. The van der Waals surface area contributed by atoms with E-state index in [-0.39, 0.29) is 6.29 Å². The zero-order valence-electron chi connectivity index (χ0n) is 10.7. The molecule has 18 heavy (non-hydrogen) atoms. The number of carbonyl (C=O) groups is 2. The normalized spacial score (nSPS) is 9.78. The van der Waals surface area contributed by atoms with E-state index in [4.69, 9.17) is 9.47 Å². The van der Waals surface area contributed by atoms with Crippen LogP contribution in [0.5, 0.6) is 11.5 Å². The third-order valence-electron chi connectivity index (χ3n) is 2.48. The van der Waals surface area contributed by atoms with Gasteiger partial charge in [-0.15, -0.1) is 11.8 Å². The lowest BCUT2D eigenvalue weighted by molar-refractivity contribution is -0.129. The first-order valence-corrected chi connectivity index (χ1v) is 6.34. The van der Waals surface area contributed by atoms with Crippen molar-refractivity contribution in [2.45, 2.75) is 4.90 Å². The maximum atomic E-state index is 11.4. The molecule has 6 heteroatoms. The predicted molar refractivity (Wildman–Crippen MR) is 70.8 cm³/mol. The quantitative estimate of drug-likeness (QED) is 0.461. The molecule has 0 aliphatic carbocycles. The summed E-state index contributed by atoms with van der Waals surface area (Å²) in [5.74, 6) is 0.494. The van der Waals surface area contributed by atoms with E-state index in [0.717, 1.165) is 4.90 Å². The number of methoxy groups -OCH3 is 2. The average molecular weight is 269 g/mol. The molecule has 0 bridgehead atoms. The predicted octanol–water partition coefficient (Wildman–Crippen LogP) is 1.59. The number of likely N-dealkylation sites (N-methyl/N-ethyl adjacent to an activating group) is 1. The highest BCUT2D eigenvalue weighted by molar-refractivity contribution is 7.98. The molecule has 0 saturated heterocycles. The molecule has 98 valence electrons. The van der Waals surface area contributed by atoms with Crippen molar-refractivity contribution in [1.29, 1.82) is 0 Å². The molecule has 1 aromatic carbocycles. The molecule has 5 nitrogen and oxygen atoms in total. The van der Waals surface area contributed by atoms with Crippen molar-refractivity contribution >= 4 is 29.6 Å². The van der Waals surface area contributed by atoms with Crippen molar-refractivity contribution in [3.05, 3.63) is 12.1 Å². The summed E-state index contributed by atoms with van der Waals surface area (Å²) in [6, 6.07) is 3.44. The number of rotatable bonds is 5. The maximum Gasteiger partial charge on any atom is 0.290 e. The van der Waals surface area contributed by atoms with E-state index in [0.29, 0.717) is 17.2 Å². The van der Waals surface area contributed by atoms with Gasteiger partial charge in [0.05, 0.1) is 24.8 Å². The van der Waals surface area contributed by atoms with Gasteiger partial charge in [-0.3, -0.25) is 9.59 Å². The summed E-state index contributed by atoms with van der Waals surface area (Å²) in [6.45, 7) is 0. The Kier molecular flexibility index (Phi) is 5.03. The van der Waals surface area contributed by atoms with Crippen molar-refractivity contribution in [2.75, 3.05) is 32.4 Å². The SMILES string of the molecule is COc1cc(N(C)C(=O)C=O)c(OC)cc1SC. The summed E-state index contributed by atoms with van der Waals surface area (Å²) in [7, 11) is 4.56. The Hall–Kier alpha value is -1.69. The van der Waals surface area contributed by atoms with Crippen LogP contribution in [-0.2, 0) is 9.59 Å². The number of hydrogen-bond acceptors (Lipinski definition) is 5. The van der Waals surface area contributed by atoms with Crippen LogP contribution in [0.25, 0.3) is 0 Å². The molecule has 1 rings (SSSR count). The lowest BCUT2D eigenvalue weighted by Gasteiger charge is -2.19. The fourth-order valence-electron chi connectivity index (χ4n) is 1.47. The first-order chi connectivity index (χ1) is 8.58. The highest BCUT2D eigenvalue weighted by atomic mass is 32.2. The van der Waals surface area contributed by atoms with Gasteiger partial charge in [0.25, 0.3) is 5.91 Å². The number of ether oxygens (including phenoxy) is 2. The van der Waals surface area contributed by atoms with Crippen LogP contribution in [0.3, 0.4) is 0 Å². The second-order valence-electron chi connectivity index (χ2n) is 3.39. The Morgan fingerprint density at radius 1 is 1.28 bits per heavy atom. The maximum absolute atomic E-state index is 11.4. The number of aldehydes is 1. The largest absolute Gasteiger partial charge is 0.496 e. The fourth-order valence-corrected chi connectivity index (χ4v) is 2.04. The van der Waals surface area contributed by atoms with Crippen molar-refractivity contribution in [1.82, 2.24) is 0 Å². The van der Waals surface area contributed by atoms with Crippen LogP contribution in [0.4, 0.5) is 5.69 Å². The molecular weight excluding hydrogens is 254 g/mol. The van der Waals surface area contributed by atoms with Crippen LogP contribution in [0.1, 0.15) is 0 Å². The van der Waals surface area contributed by atoms with Gasteiger partial charge in [-0.25, -0.2) is 0 Å². The minimum Gasteiger partial charge on any atom is -0.496 e. The molecule has 0 aromatic heterocycles. The first-order valence-electron chi connectivity index (χ1n) is 5.11. The molecule has 0 heterocycles. The van der Waals surface area contributed by atoms with E-state index in [9.17, 15) is 9.59 Å². The first kappa shape index (κ1) is 14.4. The molecule has 0 unspecified atom stereocenters. The summed E-state index contributed by atoms with van der Waals surface area (Å²) in [5.41, 5.74) is 0.490. The minimum absolute atomic E-state index is 0.258. The highest BCUT2D eigenvalue weighted by Gasteiger charge is 2.18. The summed E-state index contributed by atoms with van der Waals surface area (Å²) in [4.78, 5) is 24.0. The van der Waals surface area contributed by atoms with Gasteiger partial charge in [0.1, 0.15) is 11.5 Å². The second kappa shape index (κ2) is 6.30.